The highest BCUT2D eigenvalue weighted by Crippen LogP contribution is 2.26. The molecule has 1 saturated heterocycles. The van der Waals surface area contributed by atoms with Crippen molar-refractivity contribution in [2.75, 3.05) is 23.3 Å². The topological polar surface area (TPSA) is 58.1 Å². The number of rotatable bonds is 5. The van der Waals surface area contributed by atoms with Gasteiger partial charge in [-0.3, -0.25) is 4.79 Å². The van der Waals surface area contributed by atoms with Gasteiger partial charge in [0.05, 0.1) is 5.92 Å². The minimum Gasteiger partial charge on any atom is -0.346 e. The second kappa shape index (κ2) is 8.48. The van der Waals surface area contributed by atoms with Crippen molar-refractivity contribution in [1.82, 2.24) is 9.36 Å². The molecule has 1 amide bonds. The Hall–Kier alpha value is -2.80. The lowest BCUT2D eigenvalue weighted by molar-refractivity contribution is -0.120. The first-order valence-corrected chi connectivity index (χ1v) is 10.1. The van der Waals surface area contributed by atoms with Crippen LogP contribution in [0.1, 0.15) is 24.2 Å². The molecule has 1 fully saturated rings. The standard InChI is InChI=1S/C21H21FN4OS/c22-17-8-10-18(11-9-17)23-20(27)16-7-4-12-26(14-16)21-24-19(25-28-21)13-15-5-2-1-3-6-15/h1-3,5-6,8-11,16H,4,7,12-14H2,(H,23,27). The molecule has 144 valence electrons. The van der Waals surface area contributed by atoms with Gasteiger partial charge in [0.2, 0.25) is 11.0 Å². The lowest BCUT2D eigenvalue weighted by Gasteiger charge is -2.31. The fourth-order valence-corrected chi connectivity index (χ4v) is 4.09. The van der Waals surface area contributed by atoms with Crippen LogP contribution in [-0.2, 0) is 11.2 Å². The van der Waals surface area contributed by atoms with Gasteiger partial charge in [0.25, 0.3) is 0 Å². The maximum atomic E-state index is 13.0. The normalized spacial score (nSPS) is 16.8. The molecule has 5 nitrogen and oxygen atoms in total. The molecule has 4 rings (SSSR count). The highest BCUT2D eigenvalue weighted by atomic mass is 32.1. The number of halogens is 1. The maximum absolute atomic E-state index is 13.0. The number of amides is 1. The molecule has 0 aliphatic carbocycles. The van der Waals surface area contributed by atoms with E-state index in [4.69, 9.17) is 0 Å². The molecule has 2 heterocycles. The average Bonchev–Trinajstić information content (AvgIpc) is 3.19. The molecule has 1 aromatic heterocycles. The second-order valence-corrected chi connectivity index (χ2v) is 7.67. The summed E-state index contributed by atoms with van der Waals surface area (Å²) in [6.45, 7) is 1.49. The van der Waals surface area contributed by atoms with Crippen LogP contribution in [0.25, 0.3) is 0 Å². The van der Waals surface area contributed by atoms with Crippen LogP contribution in [0.5, 0.6) is 0 Å². The van der Waals surface area contributed by atoms with Gasteiger partial charge in [-0.15, -0.1) is 0 Å². The van der Waals surface area contributed by atoms with Crippen LogP contribution < -0.4 is 10.2 Å². The molecule has 0 saturated carbocycles. The van der Waals surface area contributed by atoms with Gasteiger partial charge in [0.15, 0.2) is 0 Å². The molecule has 1 unspecified atom stereocenters. The van der Waals surface area contributed by atoms with E-state index in [1.54, 1.807) is 12.1 Å². The third kappa shape index (κ3) is 4.54. The summed E-state index contributed by atoms with van der Waals surface area (Å²) >= 11 is 1.39. The summed E-state index contributed by atoms with van der Waals surface area (Å²) < 4.78 is 17.5. The van der Waals surface area contributed by atoms with Gasteiger partial charge in [0.1, 0.15) is 11.6 Å². The highest BCUT2D eigenvalue weighted by molar-refractivity contribution is 7.09. The highest BCUT2D eigenvalue weighted by Gasteiger charge is 2.27. The number of aromatic nitrogens is 2. The number of nitrogens with one attached hydrogen (secondary N) is 1. The Labute approximate surface area is 167 Å². The van der Waals surface area contributed by atoms with Gasteiger partial charge in [-0.25, -0.2) is 9.37 Å². The van der Waals surface area contributed by atoms with Crippen LogP contribution in [-0.4, -0.2) is 28.4 Å². The van der Waals surface area contributed by atoms with Crippen molar-refractivity contribution in [1.29, 1.82) is 0 Å². The minimum absolute atomic E-state index is 0.0367. The Kier molecular flexibility index (Phi) is 5.62. The zero-order valence-corrected chi connectivity index (χ0v) is 16.2. The fourth-order valence-electron chi connectivity index (χ4n) is 3.37. The summed E-state index contributed by atoms with van der Waals surface area (Å²) in [5, 5.41) is 3.75. The molecule has 0 bridgehead atoms. The zero-order valence-electron chi connectivity index (χ0n) is 15.3. The Morgan fingerprint density at radius 3 is 2.75 bits per heavy atom. The number of hydrogen-bond donors (Lipinski definition) is 1. The van der Waals surface area contributed by atoms with E-state index in [1.807, 2.05) is 18.2 Å². The van der Waals surface area contributed by atoms with Crippen molar-refractivity contribution in [2.24, 2.45) is 5.92 Å². The molecular formula is C21H21FN4OS. The minimum atomic E-state index is -0.315. The SMILES string of the molecule is O=C(Nc1ccc(F)cc1)C1CCCN(c2nc(Cc3ccccc3)ns2)C1. The Morgan fingerprint density at radius 1 is 1.18 bits per heavy atom. The molecule has 2 aromatic carbocycles. The molecule has 1 aliphatic heterocycles. The molecule has 7 heteroatoms. The zero-order chi connectivity index (χ0) is 19.3. The summed E-state index contributed by atoms with van der Waals surface area (Å²) in [7, 11) is 0. The molecule has 1 N–H and O–H groups in total. The number of carbonyl (C=O) groups excluding carboxylic acids is 1. The quantitative estimate of drug-likeness (QED) is 0.705. The summed E-state index contributed by atoms with van der Waals surface area (Å²) in [5.41, 5.74) is 1.80. The first-order chi connectivity index (χ1) is 13.7. The largest absolute Gasteiger partial charge is 0.346 e. The third-order valence-electron chi connectivity index (χ3n) is 4.84. The first-order valence-electron chi connectivity index (χ1n) is 9.35. The van der Waals surface area contributed by atoms with Crippen LogP contribution in [0.15, 0.2) is 54.6 Å². The number of benzene rings is 2. The monoisotopic (exact) mass is 396 g/mol. The van der Waals surface area contributed by atoms with E-state index in [9.17, 15) is 9.18 Å². The molecule has 0 radical (unpaired) electrons. The lowest BCUT2D eigenvalue weighted by atomic mass is 9.97. The van der Waals surface area contributed by atoms with Gasteiger partial charge in [0, 0.05) is 36.7 Å². The number of nitrogens with zero attached hydrogens (tertiary/aromatic N) is 3. The lowest BCUT2D eigenvalue weighted by Crippen LogP contribution is -2.40. The van der Waals surface area contributed by atoms with Crippen LogP contribution in [0.2, 0.25) is 0 Å². The van der Waals surface area contributed by atoms with E-state index < -0.39 is 0 Å². The van der Waals surface area contributed by atoms with E-state index in [2.05, 4.69) is 31.7 Å². The average molecular weight is 396 g/mol. The van der Waals surface area contributed by atoms with Gasteiger partial charge in [-0.1, -0.05) is 30.3 Å². The van der Waals surface area contributed by atoms with Gasteiger partial charge in [-0.05, 0) is 42.7 Å². The van der Waals surface area contributed by atoms with Crippen LogP contribution in [0, 0.1) is 11.7 Å². The van der Waals surface area contributed by atoms with Crippen molar-refractivity contribution in [3.8, 4) is 0 Å². The van der Waals surface area contributed by atoms with Gasteiger partial charge < -0.3 is 10.2 Å². The second-order valence-electron chi connectivity index (χ2n) is 6.94. The number of hydrogen-bond acceptors (Lipinski definition) is 5. The number of piperidine rings is 1. The Bertz CT molecular complexity index is 929. The van der Waals surface area contributed by atoms with E-state index in [1.165, 1.54) is 29.2 Å². The predicted molar refractivity (Wildman–Crippen MR) is 109 cm³/mol. The third-order valence-corrected chi connectivity index (χ3v) is 5.65. The predicted octanol–water partition coefficient (Wildman–Crippen LogP) is 4.12. The first kappa shape index (κ1) is 18.6. The van der Waals surface area contributed by atoms with Crippen LogP contribution in [0.4, 0.5) is 15.2 Å². The molecule has 28 heavy (non-hydrogen) atoms. The summed E-state index contributed by atoms with van der Waals surface area (Å²) in [6, 6.07) is 16.0. The number of carbonyl (C=O) groups is 1. The molecule has 1 aliphatic rings. The van der Waals surface area contributed by atoms with E-state index in [-0.39, 0.29) is 17.6 Å². The summed E-state index contributed by atoms with van der Waals surface area (Å²) in [5.74, 6) is 0.333. The van der Waals surface area contributed by atoms with Crippen LogP contribution >= 0.6 is 11.5 Å². The Morgan fingerprint density at radius 2 is 1.96 bits per heavy atom. The molecule has 3 aromatic rings. The molecule has 0 spiro atoms. The van der Waals surface area contributed by atoms with Gasteiger partial charge >= 0.3 is 0 Å². The van der Waals surface area contributed by atoms with Crippen molar-refractivity contribution >= 4 is 28.3 Å². The molecule has 1 atom stereocenters. The number of anilines is 2. The molecular weight excluding hydrogens is 375 g/mol. The van der Waals surface area contributed by atoms with Crippen molar-refractivity contribution in [2.45, 2.75) is 19.3 Å². The van der Waals surface area contributed by atoms with Gasteiger partial charge in [-0.2, -0.15) is 4.37 Å². The van der Waals surface area contributed by atoms with E-state index in [0.29, 0.717) is 18.7 Å². The summed E-state index contributed by atoms with van der Waals surface area (Å²) in [6.07, 6.45) is 2.47. The van der Waals surface area contributed by atoms with E-state index >= 15 is 0 Å². The van der Waals surface area contributed by atoms with Crippen molar-refractivity contribution < 1.29 is 9.18 Å². The Balaban J connectivity index is 1.38. The van der Waals surface area contributed by atoms with Crippen molar-refractivity contribution in [3.05, 3.63) is 71.8 Å². The van der Waals surface area contributed by atoms with Crippen molar-refractivity contribution in [3.63, 3.8) is 0 Å². The maximum Gasteiger partial charge on any atom is 0.229 e. The van der Waals surface area contributed by atoms with Crippen LogP contribution in [0.3, 0.4) is 0 Å². The fraction of sp³-hybridized carbons (Fsp3) is 0.286. The van der Waals surface area contributed by atoms with E-state index in [0.717, 1.165) is 30.3 Å². The summed E-state index contributed by atoms with van der Waals surface area (Å²) in [4.78, 5) is 19.4. The smallest absolute Gasteiger partial charge is 0.229 e.